The van der Waals surface area contributed by atoms with Crippen molar-refractivity contribution in [3.63, 3.8) is 0 Å². The lowest BCUT2D eigenvalue weighted by molar-refractivity contribution is -0.117. The number of fused-ring (bicyclic) bond motifs is 1. The number of nitrogens with one attached hydrogen (secondary N) is 2. The molecule has 2 heterocycles. The Bertz CT molecular complexity index is 1100. The predicted molar refractivity (Wildman–Crippen MR) is 115 cm³/mol. The van der Waals surface area contributed by atoms with Gasteiger partial charge in [-0.3, -0.25) is 9.59 Å². The van der Waals surface area contributed by atoms with Crippen LogP contribution in [-0.4, -0.2) is 42.7 Å². The fourth-order valence-electron chi connectivity index (χ4n) is 3.27. The second kappa shape index (κ2) is 8.34. The number of carbonyl (C=O) groups excluding carboxylic acids is 2. The zero-order chi connectivity index (χ0) is 21.1. The molecular formula is C23H22N4O3. The number of furan rings is 1. The minimum absolute atomic E-state index is 0.137. The number of benzodiazepines with no additional fused rings is 1. The van der Waals surface area contributed by atoms with Crippen molar-refractivity contribution in [2.45, 2.75) is 12.7 Å². The van der Waals surface area contributed by atoms with Crippen molar-refractivity contribution in [3.8, 4) is 0 Å². The first kappa shape index (κ1) is 19.6. The van der Waals surface area contributed by atoms with Crippen molar-refractivity contribution in [2.24, 2.45) is 4.99 Å². The van der Waals surface area contributed by atoms with Crippen LogP contribution in [-0.2, 0) is 11.3 Å². The Morgan fingerprint density at radius 2 is 1.80 bits per heavy atom. The second-order valence-electron chi connectivity index (χ2n) is 7.26. The van der Waals surface area contributed by atoms with Gasteiger partial charge in [0.25, 0.3) is 11.8 Å². The SMILES string of the molecule is CN(C)Cc1ccc(C(=O)N[C@H]2N=C(c3ccccc3)c3ccccc3NC2=O)o1. The molecule has 0 spiro atoms. The molecule has 0 saturated carbocycles. The molecule has 7 nitrogen and oxygen atoms in total. The number of carbonyl (C=O) groups is 2. The average Bonchev–Trinajstić information content (AvgIpc) is 3.14. The van der Waals surface area contributed by atoms with E-state index in [2.05, 4.69) is 15.6 Å². The third kappa shape index (κ3) is 4.16. The zero-order valence-electron chi connectivity index (χ0n) is 16.8. The Labute approximate surface area is 174 Å². The van der Waals surface area contributed by atoms with Crippen LogP contribution >= 0.6 is 0 Å². The van der Waals surface area contributed by atoms with E-state index in [4.69, 9.17) is 4.42 Å². The zero-order valence-corrected chi connectivity index (χ0v) is 16.8. The highest BCUT2D eigenvalue weighted by Gasteiger charge is 2.28. The lowest BCUT2D eigenvalue weighted by Crippen LogP contribution is -2.42. The molecule has 0 bridgehead atoms. The van der Waals surface area contributed by atoms with E-state index in [-0.39, 0.29) is 5.76 Å². The molecule has 3 aromatic rings. The third-order valence-corrected chi connectivity index (χ3v) is 4.62. The van der Waals surface area contributed by atoms with E-state index in [1.165, 1.54) is 0 Å². The van der Waals surface area contributed by atoms with E-state index in [1.54, 1.807) is 12.1 Å². The van der Waals surface area contributed by atoms with Gasteiger partial charge in [-0.05, 0) is 32.3 Å². The normalized spacial score (nSPS) is 15.8. The molecule has 30 heavy (non-hydrogen) atoms. The summed E-state index contributed by atoms with van der Waals surface area (Å²) in [5.74, 6) is -0.113. The van der Waals surface area contributed by atoms with Crippen LogP contribution in [0, 0.1) is 0 Å². The van der Waals surface area contributed by atoms with Gasteiger partial charge in [-0.2, -0.15) is 0 Å². The molecule has 2 aromatic carbocycles. The van der Waals surface area contributed by atoms with Crippen LogP contribution in [0.3, 0.4) is 0 Å². The van der Waals surface area contributed by atoms with Gasteiger partial charge in [-0.1, -0.05) is 48.5 Å². The largest absolute Gasteiger partial charge is 0.455 e. The van der Waals surface area contributed by atoms with E-state index < -0.39 is 18.0 Å². The summed E-state index contributed by atoms with van der Waals surface area (Å²) in [4.78, 5) is 32.1. The standard InChI is InChI=1S/C23H22N4O3/c1-27(2)14-16-12-13-19(30-16)22(28)26-21-23(29)24-18-11-7-6-10-17(18)20(25-21)15-8-4-3-5-9-15/h3-13,21H,14H2,1-2H3,(H,24,29)(H,26,28)/t21-/m1/s1. The number of anilines is 1. The molecule has 152 valence electrons. The van der Waals surface area contributed by atoms with Gasteiger partial charge in [0.05, 0.1) is 17.9 Å². The molecule has 2 amide bonds. The van der Waals surface area contributed by atoms with E-state index in [1.807, 2.05) is 73.6 Å². The second-order valence-corrected chi connectivity index (χ2v) is 7.26. The van der Waals surface area contributed by atoms with E-state index in [0.717, 1.165) is 11.1 Å². The number of hydrogen-bond donors (Lipinski definition) is 2. The molecule has 2 N–H and O–H groups in total. The fraction of sp³-hybridized carbons (Fsp3) is 0.174. The van der Waals surface area contributed by atoms with E-state index >= 15 is 0 Å². The summed E-state index contributed by atoms with van der Waals surface area (Å²) in [6.07, 6.45) is -1.09. The monoisotopic (exact) mass is 402 g/mol. The lowest BCUT2D eigenvalue weighted by Gasteiger charge is -2.12. The molecular weight excluding hydrogens is 380 g/mol. The minimum atomic E-state index is -1.09. The van der Waals surface area contributed by atoms with Crippen molar-refractivity contribution in [1.29, 1.82) is 0 Å². The Hall–Kier alpha value is -3.71. The minimum Gasteiger partial charge on any atom is -0.455 e. The van der Waals surface area contributed by atoms with Gasteiger partial charge in [0.1, 0.15) is 5.76 Å². The van der Waals surface area contributed by atoms with Gasteiger partial charge in [-0.25, -0.2) is 4.99 Å². The van der Waals surface area contributed by atoms with E-state index in [9.17, 15) is 9.59 Å². The predicted octanol–water partition coefficient (Wildman–Crippen LogP) is 2.89. The first-order valence-corrected chi connectivity index (χ1v) is 9.59. The fourth-order valence-corrected chi connectivity index (χ4v) is 3.27. The summed E-state index contributed by atoms with van der Waals surface area (Å²) in [5.41, 5.74) is 2.92. The summed E-state index contributed by atoms with van der Waals surface area (Å²) < 4.78 is 5.60. The molecule has 0 radical (unpaired) electrons. The molecule has 1 aromatic heterocycles. The van der Waals surface area contributed by atoms with Crippen molar-refractivity contribution in [3.05, 3.63) is 89.4 Å². The van der Waals surface area contributed by atoms with Crippen molar-refractivity contribution >= 4 is 23.2 Å². The number of para-hydroxylation sites is 1. The highest BCUT2D eigenvalue weighted by molar-refractivity contribution is 6.19. The maximum atomic E-state index is 12.8. The summed E-state index contributed by atoms with van der Waals surface area (Å²) >= 11 is 0. The van der Waals surface area contributed by atoms with Crippen LogP contribution in [0.2, 0.25) is 0 Å². The van der Waals surface area contributed by atoms with Gasteiger partial charge >= 0.3 is 0 Å². The van der Waals surface area contributed by atoms with E-state index in [0.29, 0.717) is 23.7 Å². The quantitative estimate of drug-likeness (QED) is 0.687. The first-order valence-electron chi connectivity index (χ1n) is 9.59. The van der Waals surface area contributed by atoms with Gasteiger partial charge in [0.15, 0.2) is 5.76 Å². The number of aliphatic imine (C=N–C) groups is 1. The third-order valence-electron chi connectivity index (χ3n) is 4.62. The van der Waals surface area contributed by atoms with Gasteiger partial charge in [0, 0.05) is 11.1 Å². The van der Waals surface area contributed by atoms with Crippen LogP contribution in [0.25, 0.3) is 0 Å². The molecule has 1 aliphatic rings. The van der Waals surface area contributed by atoms with Gasteiger partial charge in [0.2, 0.25) is 6.17 Å². The lowest BCUT2D eigenvalue weighted by atomic mass is 10.0. The molecule has 0 unspecified atom stereocenters. The molecule has 0 saturated heterocycles. The molecule has 0 aliphatic carbocycles. The first-order chi connectivity index (χ1) is 14.5. The van der Waals surface area contributed by atoms with Crippen molar-refractivity contribution in [2.75, 3.05) is 19.4 Å². The maximum absolute atomic E-state index is 12.8. The van der Waals surface area contributed by atoms with Gasteiger partial charge in [-0.15, -0.1) is 0 Å². The summed E-state index contributed by atoms with van der Waals surface area (Å²) in [5, 5.41) is 5.54. The van der Waals surface area contributed by atoms with Crippen LogP contribution < -0.4 is 10.6 Å². The Morgan fingerprint density at radius 1 is 1.07 bits per heavy atom. The Morgan fingerprint density at radius 3 is 2.57 bits per heavy atom. The summed E-state index contributed by atoms with van der Waals surface area (Å²) in [6.45, 7) is 0.572. The number of benzene rings is 2. The average molecular weight is 402 g/mol. The Balaban J connectivity index is 1.65. The molecule has 7 heteroatoms. The molecule has 1 aliphatic heterocycles. The summed E-state index contributed by atoms with van der Waals surface area (Å²) in [6, 6.07) is 20.4. The number of hydrogen-bond acceptors (Lipinski definition) is 5. The van der Waals surface area contributed by atoms with Crippen molar-refractivity contribution < 1.29 is 14.0 Å². The van der Waals surface area contributed by atoms with Crippen LogP contribution in [0.1, 0.15) is 27.4 Å². The Kier molecular flexibility index (Phi) is 5.45. The topological polar surface area (TPSA) is 86.9 Å². The van der Waals surface area contributed by atoms with Crippen LogP contribution in [0.5, 0.6) is 0 Å². The molecule has 0 fully saturated rings. The smallest absolute Gasteiger partial charge is 0.289 e. The number of amides is 2. The van der Waals surface area contributed by atoms with Gasteiger partial charge < -0.3 is 20.0 Å². The number of nitrogens with zero attached hydrogens (tertiary/aromatic N) is 2. The highest BCUT2D eigenvalue weighted by Crippen LogP contribution is 2.23. The highest BCUT2D eigenvalue weighted by atomic mass is 16.4. The van der Waals surface area contributed by atoms with Crippen LogP contribution in [0.15, 0.2) is 76.1 Å². The number of rotatable bonds is 5. The molecule has 1 atom stereocenters. The summed E-state index contributed by atoms with van der Waals surface area (Å²) in [7, 11) is 3.82. The van der Waals surface area contributed by atoms with Crippen LogP contribution in [0.4, 0.5) is 5.69 Å². The van der Waals surface area contributed by atoms with Crippen molar-refractivity contribution in [1.82, 2.24) is 10.2 Å². The molecule has 4 rings (SSSR count). The maximum Gasteiger partial charge on any atom is 0.289 e.